The van der Waals surface area contributed by atoms with E-state index in [2.05, 4.69) is 38.9 Å². The minimum atomic E-state index is -0.838. The molecule has 1 saturated carbocycles. The Morgan fingerprint density at radius 1 is 1.16 bits per heavy atom. The van der Waals surface area contributed by atoms with Gasteiger partial charge in [0.05, 0.1) is 5.69 Å². The van der Waals surface area contributed by atoms with Gasteiger partial charge in [-0.25, -0.2) is 0 Å². The van der Waals surface area contributed by atoms with Crippen LogP contribution in [0.15, 0.2) is 54.0 Å². The molecular weight excluding hydrogens is 422 g/mol. The molecule has 0 saturated heterocycles. The predicted octanol–water partition coefficient (Wildman–Crippen LogP) is 3.73. The molecule has 1 aliphatic rings. The Labute approximate surface area is 192 Å². The molecule has 7 nitrogen and oxygen atoms in total. The average molecular weight is 450 g/mol. The number of nitrogens with one attached hydrogen (secondary N) is 1. The largest absolute Gasteiger partial charge is 0.351 e. The van der Waals surface area contributed by atoms with Crippen molar-refractivity contribution in [3.8, 4) is 0 Å². The van der Waals surface area contributed by atoms with Gasteiger partial charge in [0.1, 0.15) is 0 Å². The molecule has 3 aromatic rings. The number of rotatable bonds is 8. The molecule has 0 spiro atoms. The lowest BCUT2D eigenvalue weighted by Crippen LogP contribution is -2.47. The third-order valence-electron chi connectivity index (χ3n) is 5.95. The van der Waals surface area contributed by atoms with Crippen molar-refractivity contribution in [1.29, 1.82) is 0 Å². The van der Waals surface area contributed by atoms with Gasteiger partial charge in [-0.3, -0.25) is 14.6 Å². The highest BCUT2D eigenvalue weighted by atomic mass is 32.1. The number of hydrogen-bond donors (Lipinski definition) is 1. The van der Waals surface area contributed by atoms with Gasteiger partial charge in [-0.15, -0.1) is 5.10 Å². The van der Waals surface area contributed by atoms with Crippen LogP contribution in [0.3, 0.4) is 0 Å². The lowest BCUT2D eigenvalue weighted by molar-refractivity contribution is -0.126. The molecule has 4 rings (SSSR count). The summed E-state index contributed by atoms with van der Waals surface area (Å²) < 4.78 is 3.85. The molecule has 2 heterocycles. The molecule has 0 unspecified atom stereocenters. The van der Waals surface area contributed by atoms with Crippen molar-refractivity contribution >= 4 is 23.3 Å². The van der Waals surface area contributed by atoms with Gasteiger partial charge in [0.2, 0.25) is 5.91 Å². The van der Waals surface area contributed by atoms with Crippen molar-refractivity contribution in [2.24, 2.45) is 0 Å². The van der Waals surface area contributed by atoms with Crippen LogP contribution in [0.1, 0.15) is 59.0 Å². The molecule has 1 aliphatic carbocycles. The van der Waals surface area contributed by atoms with Crippen molar-refractivity contribution in [2.45, 2.75) is 51.1 Å². The minimum Gasteiger partial charge on any atom is -0.351 e. The van der Waals surface area contributed by atoms with Crippen LogP contribution in [-0.2, 0) is 11.2 Å². The second kappa shape index (κ2) is 10.5. The number of pyridine rings is 1. The maximum absolute atomic E-state index is 13.5. The number of carbonyl (C=O) groups is 2. The zero-order chi connectivity index (χ0) is 22.3. The lowest BCUT2D eigenvalue weighted by atomic mass is 10.0. The van der Waals surface area contributed by atoms with Crippen molar-refractivity contribution in [2.75, 3.05) is 6.54 Å². The number of carbonyl (C=O) groups excluding carboxylic acids is 2. The van der Waals surface area contributed by atoms with E-state index in [1.54, 1.807) is 28.6 Å². The van der Waals surface area contributed by atoms with Gasteiger partial charge in [0.25, 0.3) is 5.91 Å². The standard InChI is InChI=1S/C24H27N5O2S/c1-17-8-2-3-9-18(17)13-15-29(24(31)21-16-32-28-27-21)22(20-12-6-7-14-25-20)23(30)26-19-10-4-5-11-19/h2-3,6-9,12,14,16,19,22H,4-5,10-11,13,15H2,1H3,(H,26,30)/t22-/m1/s1. The lowest BCUT2D eigenvalue weighted by Gasteiger charge is -2.31. The molecule has 166 valence electrons. The summed E-state index contributed by atoms with van der Waals surface area (Å²) in [4.78, 5) is 33.0. The first kappa shape index (κ1) is 22.1. The van der Waals surface area contributed by atoms with Crippen LogP contribution in [0.2, 0.25) is 0 Å². The summed E-state index contributed by atoms with van der Waals surface area (Å²) >= 11 is 1.12. The van der Waals surface area contributed by atoms with Crippen LogP contribution in [0.4, 0.5) is 0 Å². The monoisotopic (exact) mass is 449 g/mol. The van der Waals surface area contributed by atoms with Crippen molar-refractivity contribution in [3.05, 3.63) is 76.6 Å². The number of benzene rings is 1. The van der Waals surface area contributed by atoms with E-state index in [0.717, 1.165) is 48.3 Å². The fourth-order valence-corrected chi connectivity index (χ4v) is 4.64. The number of aromatic nitrogens is 3. The highest BCUT2D eigenvalue weighted by Gasteiger charge is 2.35. The van der Waals surface area contributed by atoms with Crippen LogP contribution >= 0.6 is 11.5 Å². The third-order valence-corrected chi connectivity index (χ3v) is 6.46. The average Bonchev–Trinajstić information content (AvgIpc) is 3.52. The Bertz CT molecular complexity index is 1040. The molecule has 1 atom stereocenters. The van der Waals surface area contributed by atoms with E-state index >= 15 is 0 Å². The van der Waals surface area contributed by atoms with Gasteiger partial charge < -0.3 is 10.2 Å². The fourth-order valence-electron chi connectivity index (χ4n) is 4.21. The van der Waals surface area contributed by atoms with E-state index in [-0.39, 0.29) is 23.6 Å². The molecule has 1 N–H and O–H groups in total. The summed E-state index contributed by atoms with van der Waals surface area (Å²) in [6.45, 7) is 2.41. The number of amides is 2. The second-order valence-electron chi connectivity index (χ2n) is 8.11. The summed E-state index contributed by atoms with van der Waals surface area (Å²) in [6, 6.07) is 12.8. The Balaban J connectivity index is 1.67. The molecule has 8 heteroatoms. The molecule has 1 aromatic carbocycles. The van der Waals surface area contributed by atoms with Gasteiger partial charge in [0.15, 0.2) is 11.7 Å². The Morgan fingerprint density at radius 2 is 1.94 bits per heavy atom. The van der Waals surface area contributed by atoms with Crippen LogP contribution in [0.25, 0.3) is 0 Å². The SMILES string of the molecule is Cc1ccccc1CCN(C(=O)c1csnn1)[C@@H](C(=O)NC1CCCC1)c1ccccn1. The summed E-state index contributed by atoms with van der Waals surface area (Å²) in [5, 5.41) is 8.75. The summed E-state index contributed by atoms with van der Waals surface area (Å²) in [5.41, 5.74) is 3.08. The summed E-state index contributed by atoms with van der Waals surface area (Å²) in [5.74, 6) is -0.513. The second-order valence-corrected chi connectivity index (χ2v) is 8.72. The molecular formula is C24H27N5O2S. The number of aryl methyl sites for hydroxylation is 1. The van der Waals surface area contributed by atoms with E-state index in [1.165, 1.54) is 0 Å². The van der Waals surface area contributed by atoms with Crippen LogP contribution in [-0.4, -0.2) is 43.9 Å². The van der Waals surface area contributed by atoms with Crippen LogP contribution in [0.5, 0.6) is 0 Å². The number of nitrogens with zero attached hydrogens (tertiary/aromatic N) is 4. The fraction of sp³-hybridized carbons (Fsp3) is 0.375. The van der Waals surface area contributed by atoms with E-state index in [9.17, 15) is 9.59 Å². The molecule has 1 fully saturated rings. The van der Waals surface area contributed by atoms with Gasteiger partial charge >= 0.3 is 0 Å². The topological polar surface area (TPSA) is 88.1 Å². The predicted molar refractivity (Wildman–Crippen MR) is 123 cm³/mol. The van der Waals surface area contributed by atoms with Crippen molar-refractivity contribution in [3.63, 3.8) is 0 Å². The normalized spacial score (nSPS) is 14.8. The van der Waals surface area contributed by atoms with E-state index in [1.807, 2.05) is 18.2 Å². The first-order valence-electron chi connectivity index (χ1n) is 11.0. The third kappa shape index (κ3) is 5.19. The molecule has 32 heavy (non-hydrogen) atoms. The Kier molecular flexibility index (Phi) is 7.21. The van der Waals surface area contributed by atoms with E-state index in [0.29, 0.717) is 18.7 Å². The molecule has 0 aliphatic heterocycles. The molecule has 0 bridgehead atoms. The van der Waals surface area contributed by atoms with Gasteiger partial charge in [-0.05, 0) is 61.0 Å². The highest BCUT2D eigenvalue weighted by molar-refractivity contribution is 7.03. The highest BCUT2D eigenvalue weighted by Crippen LogP contribution is 2.25. The van der Waals surface area contributed by atoms with E-state index in [4.69, 9.17) is 0 Å². The van der Waals surface area contributed by atoms with E-state index < -0.39 is 6.04 Å². The van der Waals surface area contributed by atoms with Crippen LogP contribution in [0, 0.1) is 6.92 Å². The quantitative estimate of drug-likeness (QED) is 0.566. The van der Waals surface area contributed by atoms with Crippen LogP contribution < -0.4 is 5.32 Å². The first-order valence-corrected chi connectivity index (χ1v) is 11.8. The zero-order valence-electron chi connectivity index (χ0n) is 18.1. The Hall–Kier alpha value is -3.13. The first-order chi connectivity index (χ1) is 15.6. The maximum Gasteiger partial charge on any atom is 0.276 e. The molecule has 0 radical (unpaired) electrons. The van der Waals surface area contributed by atoms with Crippen molar-refractivity contribution in [1.82, 2.24) is 24.8 Å². The Morgan fingerprint density at radius 3 is 2.62 bits per heavy atom. The van der Waals surface area contributed by atoms with Crippen molar-refractivity contribution < 1.29 is 9.59 Å². The maximum atomic E-state index is 13.5. The minimum absolute atomic E-state index is 0.142. The van der Waals surface area contributed by atoms with Gasteiger partial charge in [0, 0.05) is 24.2 Å². The molecule has 2 aromatic heterocycles. The van der Waals surface area contributed by atoms with Gasteiger partial charge in [-0.1, -0.05) is 47.7 Å². The van der Waals surface area contributed by atoms with Gasteiger partial charge in [-0.2, -0.15) is 0 Å². The summed E-state index contributed by atoms with van der Waals surface area (Å²) in [6.07, 6.45) is 6.43. The zero-order valence-corrected chi connectivity index (χ0v) is 18.9. The molecule has 2 amide bonds. The smallest absolute Gasteiger partial charge is 0.276 e. The summed E-state index contributed by atoms with van der Waals surface area (Å²) in [7, 11) is 0. The number of hydrogen-bond acceptors (Lipinski definition) is 6.